The first-order chi connectivity index (χ1) is 13.7. The van der Waals surface area contributed by atoms with Crippen LogP contribution in [0.1, 0.15) is 41.2 Å². The van der Waals surface area contributed by atoms with Crippen LogP contribution in [0.3, 0.4) is 0 Å². The van der Waals surface area contributed by atoms with Crippen LogP contribution in [-0.2, 0) is 0 Å². The zero-order valence-electron chi connectivity index (χ0n) is 15.8. The average Bonchev–Trinajstić information content (AvgIpc) is 3.23. The van der Waals surface area contributed by atoms with Crippen LogP contribution in [0, 0.1) is 5.92 Å². The Balaban J connectivity index is 1.21. The molecule has 2 unspecified atom stereocenters. The highest BCUT2D eigenvalue weighted by atomic mass is 35.5. The van der Waals surface area contributed by atoms with Crippen LogP contribution < -0.4 is 16.2 Å². The van der Waals surface area contributed by atoms with E-state index in [4.69, 9.17) is 11.6 Å². The minimum absolute atomic E-state index is 0.0493. The van der Waals surface area contributed by atoms with Crippen molar-refractivity contribution in [2.24, 2.45) is 5.92 Å². The van der Waals surface area contributed by atoms with Crippen LogP contribution in [-0.4, -0.2) is 41.6 Å². The molecule has 2 aromatic rings. The van der Waals surface area contributed by atoms with Gasteiger partial charge in [-0.2, -0.15) is 0 Å². The van der Waals surface area contributed by atoms with Crippen molar-refractivity contribution in [3.05, 3.63) is 64.9 Å². The maximum absolute atomic E-state index is 12.3. The number of likely N-dealkylation sites (tertiary alicyclic amines) is 1. The molecule has 2 aliphatic heterocycles. The predicted octanol–water partition coefficient (Wildman–Crippen LogP) is 2.74. The molecule has 4 rings (SSSR count). The molecule has 0 aliphatic carbocycles. The smallest absolute Gasteiger partial charge is 0.251 e. The monoisotopic (exact) mass is 399 g/mol. The van der Waals surface area contributed by atoms with E-state index >= 15 is 0 Å². The fourth-order valence-electron chi connectivity index (χ4n) is 4.03. The van der Waals surface area contributed by atoms with E-state index in [0.717, 1.165) is 38.9 Å². The Morgan fingerprint density at radius 3 is 2.71 bits per heavy atom. The normalized spacial score (nSPS) is 23.6. The largest absolute Gasteiger partial charge is 0.352 e. The molecule has 3 heterocycles. The molecule has 0 bridgehead atoms. The maximum Gasteiger partial charge on any atom is 0.251 e. The molecule has 28 heavy (non-hydrogen) atoms. The van der Waals surface area contributed by atoms with Crippen molar-refractivity contribution in [2.45, 2.75) is 31.5 Å². The van der Waals surface area contributed by atoms with E-state index < -0.39 is 0 Å². The number of hydrogen-bond donors (Lipinski definition) is 3. The van der Waals surface area contributed by atoms with Crippen molar-refractivity contribution in [3.8, 4) is 0 Å². The summed E-state index contributed by atoms with van der Waals surface area (Å²) in [6.45, 7) is 2.80. The Bertz CT molecular complexity index is 794. The van der Waals surface area contributed by atoms with Gasteiger partial charge in [-0.3, -0.25) is 14.7 Å². The topological polar surface area (TPSA) is 69.3 Å². The van der Waals surface area contributed by atoms with Gasteiger partial charge in [0.2, 0.25) is 0 Å². The minimum Gasteiger partial charge on any atom is -0.352 e. The summed E-state index contributed by atoms with van der Waals surface area (Å²) in [5.74, 6) is 0.469. The fraction of sp³-hybridized carbons (Fsp3) is 0.429. The molecular weight excluding hydrogens is 374 g/mol. The summed E-state index contributed by atoms with van der Waals surface area (Å²) in [5.41, 5.74) is 8.73. The number of benzene rings is 1. The molecule has 1 aromatic heterocycles. The number of carbonyl (C=O) groups excluding carboxylic acids is 1. The third-order valence-electron chi connectivity index (χ3n) is 5.72. The van der Waals surface area contributed by atoms with E-state index in [2.05, 4.69) is 38.2 Å². The van der Waals surface area contributed by atoms with Gasteiger partial charge in [0.25, 0.3) is 5.91 Å². The number of amides is 1. The number of rotatable bonds is 5. The second-order valence-electron chi connectivity index (χ2n) is 7.57. The number of nitrogens with one attached hydrogen (secondary N) is 3. The van der Waals surface area contributed by atoms with Crippen molar-refractivity contribution in [3.63, 3.8) is 0 Å². The maximum atomic E-state index is 12.3. The number of nitrogens with zero attached hydrogens (tertiary/aromatic N) is 2. The zero-order valence-corrected chi connectivity index (χ0v) is 16.5. The molecule has 2 aliphatic rings. The van der Waals surface area contributed by atoms with Crippen LogP contribution in [0.25, 0.3) is 0 Å². The van der Waals surface area contributed by atoms with Gasteiger partial charge in [0.15, 0.2) is 0 Å². The third kappa shape index (κ3) is 4.70. The molecule has 0 spiro atoms. The highest BCUT2D eigenvalue weighted by Crippen LogP contribution is 2.26. The Morgan fingerprint density at radius 1 is 1.18 bits per heavy atom. The molecule has 0 saturated carbocycles. The van der Waals surface area contributed by atoms with Crippen LogP contribution in [0.5, 0.6) is 0 Å². The molecule has 1 aromatic carbocycles. The Kier molecular flexibility index (Phi) is 6.22. The lowest BCUT2D eigenvalue weighted by atomic mass is 9.95. The number of aromatic nitrogens is 1. The van der Waals surface area contributed by atoms with E-state index in [0.29, 0.717) is 28.7 Å². The van der Waals surface area contributed by atoms with Crippen molar-refractivity contribution in [2.75, 3.05) is 19.6 Å². The molecule has 0 radical (unpaired) electrons. The zero-order chi connectivity index (χ0) is 19.3. The quantitative estimate of drug-likeness (QED) is 0.721. The molecule has 148 valence electrons. The molecule has 3 N–H and O–H groups in total. The Morgan fingerprint density at radius 2 is 1.96 bits per heavy atom. The Labute approximate surface area is 170 Å². The van der Waals surface area contributed by atoms with Crippen LogP contribution >= 0.6 is 11.6 Å². The number of hydrazine groups is 1. The fourth-order valence-corrected chi connectivity index (χ4v) is 4.22. The summed E-state index contributed by atoms with van der Waals surface area (Å²) < 4.78 is 0. The van der Waals surface area contributed by atoms with E-state index in [9.17, 15) is 4.79 Å². The number of halogens is 1. The molecule has 2 saturated heterocycles. The molecule has 2 atom stereocenters. The average molecular weight is 400 g/mol. The van der Waals surface area contributed by atoms with Crippen molar-refractivity contribution in [1.82, 2.24) is 26.1 Å². The van der Waals surface area contributed by atoms with Crippen molar-refractivity contribution >= 4 is 17.5 Å². The standard InChI is InChI=1S/C21H26ClN5O/c22-18-3-1-2-17(12-18)21(28)24-14-15-6-10-27(11-7-15)20-13-19(25-26-20)16-4-8-23-9-5-16/h1-5,8-9,12,15,19-20,25-26H,6-7,10-11,13-14H2,(H,24,28). The summed E-state index contributed by atoms with van der Waals surface area (Å²) in [7, 11) is 0. The second kappa shape index (κ2) is 9.01. The SMILES string of the molecule is O=C(NCC1CCN(C2CC(c3ccncc3)NN2)CC1)c1cccc(Cl)c1. The second-order valence-corrected chi connectivity index (χ2v) is 8.01. The molecular formula is C21H26ClN5O. The highest BCUT2D eigenvalue weighted by molar-refractivity contribution is 6.30. The van der Waals surface area contributed by atoms with Crippen LogP contribution in [0.4, 0.5) is 0 Å². The lowest BCUT2D eigenvalue weighted by Crippen LogP contribution is -2.49. The summed E-state index contributed by atoms with van der Waals surface area (Å²) in [5, 5.41) is 3.65. The van der Waals surface area contributed by atoms with Gasteiger partial charge in [-0.15, -0.1) is 0 Å². The van der Waals surface area contributed by atoms with Gasteiger partial charge in [0, 0.05) is 35.6 Å². The van der Waals surface area contributed by atoms with Gasteiger partial charge in [-0.1, -0.05) is 17.7 Å². The predicted molar refractivity (Wildman–Crippen MR) is 110 cm³/mol. The number of piperidine rings is 1. The van der Waals surface area contributed by atoms with Gasteiger partial charge in [-0.25, -0.2) is 10.9 Å². The summed E-state index contributed by atoms with van der Waals surface area (Å²) in [6, 6.07) is 11.5. The summed E-state index contributed by atoms with van der Waals surface area (Å²) in [6.07, 6.45) is 7.25. The first-order valence-electron chi connectivity index (χ1n) is 9.88. The van der Waals surface area contributed by atoms with Crippen LogP contribution in [0.2, 0.25) is 5.02 Å². The van der Waals surface area contributed by atoms with Gasteiger partial charge in [0.05, 0.1) is 6.17 Å². The Hall–Kier alpha value is -1.99. The minimum atomic E-state index is -0.0493. The number of hydrogen-bond acceptors (Lipinski definition) is 5. The van der Waals surface area contributed by atoms with E-state index in [1.54, 1.807) is 24.3 Å². The molecule has 7 heteroatoms. The van der Waals surface area contributed by atoms with Crippen molar-refractivity contribution < 1.29 is 4.79 Å². The molecule has 6 nitrogen and oxygen atoms in total. The molecule has 2 fully saturated rings. The van der Waals surface area contributed by atoms with Gasteiger partial charge >= 0.3 is 0 Å². The summed E-state index contributed by atoms with van der Waals surface area (Å²) in [4.78, 5) is 18.9. The van der Waals surface area contributed by atoms with Crippen LogP contribution in [0.15, 0.2) is 48.8 Å². The molecule has 1 amide bonds. The van der Waals surface area contributed by atoms with E-state index in [-0.39, 0.29) is 5.91 Å². The lowest BCUT2D eigenvalue weighted by molar-refractivity contribution is 0.0914. The third-order valence-corrected chi connectivity index (χ3v) is 5.95. The first-order valence-corrected chi connectivity index (χ1v) is 10.3. The van der Waals surface area contributed by atoms with Crippen molar-refractivity contribution in [1.29, 1.82) is 0 Å². The van der Waals surface area contributed by atoms with E-state index in [1.165, 1.54) is 5.56 Å². The van der Waals surface area contributed by atoms with E-state index in [1.807, 2.05) is 12.4 Å². The van der Waals surface area contributed by atoms with Gasteiger partial charge < -0.3 is 5.32 Å². The highest BCUT2D eigenvalue weighted by Gasteiger charge is 2.31. The number of carbonyl (C=O) groups is 1. The van der Waals surface area contributed by atoms with Gasteiger partial charge in [0.1, 0.15) is 0 Å². The summed E-state index contributed by atoms with van der Waals surface area (Å²) >= 11 is 5.97. The lowest BCUT2D eigenvalue weighted by Gasteiger charge is -2.35. The number of pyridine rings is 1. The first kappa shape index (κ1) is 19.3. The van der Waals surface area contributed by atoms with Gasteiger partial charge in [-0.05, 0) is 74.2 Å².